The number of oxime groups is 1. The van der Waals surface area contributed by atoms with Crippen molar-refractivity contribution >= 4 is 17.7 Å². The van der Waals surface area contributed by atoms with Crippen LogP contribution >= 0.6 is 11.9 Å². The van der Waals surface area contributed by atoms with E-state index in [0.29, 0.717) is 19.8 Å². The Labute approximate surface area is 137 Å². The van der Waals surface area contributed by atoms with Crippen molar-refractivity contribution in [3.8, 4) is 0 Å². The standard InChI is InChI=1S/C16H26N2O3S/c1-14(18-21-11-4-10-19-2)13-15-5-7-16(8-6-15)22-17-9-12-20-3/h5-8,17H,4,9-13H2,1-3H3/b18-14-. The molecule has 0 spiro atoms. The lowest BCUT2D eigenvalue weighted by atomic mass is 10.1. The van der Waals surface area contributed by atoms with Crippen LogP contribution in [-0.4, -0.2) is 46.3 Å². The third-order valence-corrected chi connectivity index (χ3v) is 3.64. The van der Waals surface area contributed by atoms with Gasteiger partial charge in [0.15, 0.2) is 0 Å². The average molecular weight is 326 g/mol. The number of hydrogen-bond acceptors (Lipinski definition) is 6. The molecule has 1 aromatic carbocycles. The molecule has 1 N–H and O–H groups in total. The van der Waals surface area contributed by atoms with Crippen LogP contribution in [0.1, 0.15) is 18.9 Å². The summed E-state index contributed by atoms with van der Waals surface area (Å²) >= 11 is 1.61. The summed E-state index contributed by atoms with van der Waals surface area (Å²) in [5, 5.41) is 4.11. The molecular weight excluding hydrogens is 300 g/mol. The zero-order valence-corrected chi connectivity index (χ0v) is 14.4. The molecule has 0 amide bonds. The van der Waals surface area contributed by atoms with Crippen molar-refractivity contribution in [2.24, 2.45) is 5.16 Å². The Balaban J connectivity index is 2.29. The van der Waals surface area contributed by atoms with Crippen molar-refractivity contribution in [1.29, 1.82) is 0 Å². The van der Waals surface area contributed by atoms with E-state index in [1.807, 2.05) is 6.92 Å². The average Bonchev–Trinajstić information content (AvgIpc) is 2.53. The van der Waals surface area contributed by atoms with Gasteiger partial charge in [-0.1, -0.05) is 17.3 Å². The Bertz CT molecular complexity index is 424. The number of hydrogen-bond donors (Lipinski definition) is 1. The summed E-state index contributed by atoms with van der Waals surface area (Å²) in [6, 6.07) is 8.44. The van der Waals surface area contributed by atoms with Crippen LogP contribution in [-0.2, 0) is 20.7 Å². The summed E-state index contributed by atoms with van der Waals surface area (Å²) in [6.45, 7) is 4.81. The molecule has 1 rings (SSSR count). The lowest BCUT2D eigenvalue weighted by molar-refractivity contribution is 0.108. The summed E-state index contributed by atoms with van der Waals surface area (Å²) < 4.78 is 13.2. The van der Waals surface area contributed by atoms with Gasteiger partial charge in [-0.05, 0) is 36.6 Å². The van der Waals surface area contributed by atoms with Crippen molar-refractivity contribution in [2.45, 2.75) is 24.7 Å². The molecule has 0 heterocycles. The van der Waals surface area contributed by atoms with Crippen LogP contribution < -0.4 is 4.72 Å². The molecule has 124 valence electrons. The highest BCUT2D eigenvalue weighted by molar-refractivity contribution is 7.97. The van der Waals surface area contributed by atoms with Gasteiger partial charge in [-0.25, -0.2) is 0 Å². The highest BCUT2D eigenvalue weighted by atomic mass is 32.2. The smallest absolute Gasteiger partial charge is 0.119 e. The number of ether oxygens (including phenoxy) is 2. The Morgan fingerprint density at radius 1 is 1.09 bits per heavy atom. The molecule has 0 saturated carbocycles. The van der Waals surface area contributed by atoms with Crippen molar-refractivity contribution in [3.63, 3.8) is 0 Å². The molecule has 0 radical (unpaired) electrons. The summed E-state index contributed by atoms with van der Waals surface area (Å²) in [7, 11) is 3.38. The molecule has 0 unspecified atom stereocenters. The first kappa shape index (κ1) is 19.0. The molecule has 0 bridgehead atoms. The van der Waals surface area contributed by atoms with Crippen LogP contribution in [0.5, 0.6) is 0 Å². The third kappa shape index (κ3) is 9.04. The zero-order valence-electron chi connectivity index (χ0n) is 13.6. The quantitative estimate of drug-likeness (QED) is 0.277. The van der Waals surface area contributed by atoms with E-state index >= 15 is 0 Å². The maximum atomic E-state index is 5.25. The summed E-state index contributed by atoms with van der Waals surface area (Å²) in [5.74, 6) is 0. The van der Waals surface area contributed by atoms with Crippen LogP contribution in [0.4, 0.5) is 0 Å². The molecule has 5 nitrogen and oxygen atoms in total. The molecule has 0 fully saturated rings. The topological polar surface area (TPSA) is 52.1 Å². The van der Waals surface area contributed by atoms with Crippen molar-refractivity contribution in [1.82, 2.24) is 4.72 Å². The van der Waals surface area contributed by atoms with Gasteiger partial charge < -0.3 is 14.3 Å². The second-order valence-corrected chi connectivity index (χ2v) is 5.78. The first-order valence-electron chi connectivity index (χ1n) is 7.38. The van der Waals surface area contributed by atoms with E-state index in [-0.39, 0.29) is 0 Å². The Kier molecular flexibility index (Phi) is 10.7. The normalized spacial score (nSPS) is 11.7. The predicted octanol–water partition coefficient (Wildman–Crippen LogP) is 2.90. The van der Waals surface area contributed by atoms with Gasteiger partial charge in [0.1, 0.15) is 6.61 Å². The first-order chi connectivity index (χ1) is 10.8. The van der Waals surface area contributed by atoms with Crippen molar-refractivity contribution < 1.29 is 14.3 Å². The Morgan fingerprint density at radius 3 is 2.50 bits per heavy atom. The van der Waals surface area contributed by atoms with Gasteiger partial charge in [0.25, 0.3) is 0 Å². The van der Waals surface area contributed by atoms with E-state index in [1.165, 1.54) is 10.5 Å². The van der Waals surface area contributed by atoms with Gasteiger partial charge in [-0.3, -0.25) is 4.72 Å². The van der Waals surface area contributed by atoms with Crippen molar-refractivity contribution in [3.05, 3.63) is 29.8 Å². The van der Waals surface area contributed by atoms with Gasteiger partial charge in [0.2, 0.25) is 0 Å². The van der Waals surface area contributed by atoms with E-state index in [9.17, 15) is 0 Å². The molecule has 1 aromatic rings. The molecular formula is C16H26N2O3S. The lowest BCUT2D eigenvalue weighted by Crippen LogP contribution is -2.10. The molecule has 0 aliphatic heterocycles. The molecule has 0 saturated heterocycles. The van der Waals surface area contributed by atoms with E-state index in [1.54, 1.807) is 26.2 Å². The van der Waals surface area contributed by atoms with Crippen LogP contribution in [0.25, 0.3) is 0 Å². The van der Waals surface area contributed by atoms with E-state index in [4.69, 9.17) is 14.3 Å². The Hall–Kier alpha value is -1.08. The molecule has 22 heavy (non-hydrogen) atoms. The number of nitrogens with one attached hydrogen (secondary N) is 1. The number of methoxy groups -OCH3 is 2. The van der Waals surface area contributed by atoms with Crippen LogP contribution in [0.2, 0.25) is 0 Å². The van der Waals surface area contributed by atoms with E-state index < -0.39 is 0 Å². The highest BCUT2D eigenvalue weighted by Gasteiger charge is 1.99. The maximum absolute atomic E-state index is 5.25. The second kappa shape index (κ2) is 12.5. The second-order valence-electron chi connectivity index (χ2n) is 4.82. The minimum Gasteiger partial charge on any atom is -0.396 e. The van der Waals surface area contributed by atoms with Gasteiger partial charge >= 0.3 is 0 Å². The van der Waals surface area contributed by atoms with Crippen molar-refractivity contribution in [2.75, 3.05) is 40.6 Å². The lowest BCUT2D eigenvalue weighted by Gasteiger charge is -2.05. The fraction of sp³-hybridized carbons (Fsp3) is 0.562. The van der Waals surface area contributed by atoms with Crippen LogP contribution in [0.15, 0.2) is 34.3 Å². The fourth-order valence-corrected chi connectivity index (χ4v) is 2.33. The minimum atomic E-state index is 0.591. The van der Waals surface area contributed by atoms with E-state index in [0.717, 1.165) is 25.1 Å². The monoisotopic (exact) mass is 326 g/mol. The highest BCUT2D eigenvalue weighted by Crippen LogP contribution is 2.15. The number of nitrogens with zero attached hydrogens (tertiary/aromatic N) is 1. The largest absolute Gasteiger partial charge is 0.396 e. The van der Waals surface area contributed by atoms with E-state index in [2.05, 4.69) is 34.1 Å². The minimum absolute atomic E-state index is 0.591. The molecule has 0 aliphatic carbocycles. The van der Waals surface area contributed by atoms with Gasteiger partial charge in [-0.2, -0.15) is 0 Å². The third-order valence-electron chi connectivity index (χ3n) is 2.79. The SMILES string of the molecule is COCCCO/N=C(/C)Cc1ccc(SNCCOC)cc1. The predicted molar refractivity (Wildman–Crippen MR) is 91.4 cm³/mol. The molecule has 0 atom stereocenters. The molecule has 6 heteroatoms. The summed E-state index contributed by atoms with van der Waals surface area (Å²) in [5.41, 5.74) is 2.19. The summed E-state index contributed by atoms with van der Waals surface area (Å²) in [4.78, 5) is 6.44. The fourth-order valence-electron chi connectivity index (χ4n) is 1.70. The maximum Gasteiger partial charge on any atom is 0.119 e. The molecule has 0 aliphatic rings. The zero-order chi connectivity index (χ0) is 16.0. The molecule has 0 aromatic heterocycles. The van der Waals surface area contributed by atoms with Gasteiger partial charge in [-0.15, -0.1) is 0 Å². The Morgan fingerprint density at radius 2 is 1.82 bits per heavy atom. The number of rotatable bonds is 12. The van der Waals surface area contributed by atoms with Gasteiger partial charge in [0.05, 0.1) is 12.3 Å². The first-order valence-corrected chi connectivity index (χ1v) is 8.20. The summed E-state index contributed by atoms with van der Waals surface area (Å²) in [6.07, 6.45) is 1.65. The van der Waals surface area contributed by atoms with Crippen LogP contribution in [0.3, 0.4) is 0 Å². The van der Waals surface area contributed by atoms with Crippen LogP contribution in [0, 0.1) is 0 Å². The number of benzene rings is 1. The van der Waals surface area contributed by atoms with Gasteiger partial charge in [0, 0.05) is 45.1 Å².